The van der Waals surface area contributed by atoms with E-state index < -0.39 is 0 Å². The van der Waals surface area contributed by atoms with Crippen molar-refractivity contribution in [2.45, 2.75) is 0 Å². The van der Waals surface area contributed by atoms with Crippen LogP contribution in [-0.2, 0) is 0 Å². The Bertz CT molecular complexity index is 2500. The molecule has 9 rings (SSSR count). The van der Waals surface area contributed by atoms with E-state index in [9.17, 15) is 0 Å². The van der Waals surface area contributed by atoms with Crippen LogP contribution in [0.1, 0.15) is 0 Å². The third-order valence-electron chi connectivity index (χ3n) is 8.58. The molecule has 9 aromatic rings. The molecule has 0 N–H and O–H groups in total. The predicted molar refractivity (Wildman–Crippen MR) is 180 cm³/mol. The molecule has 0 fully saturated rings. The van der Waals surface area contributed by atoms with Gasteiger partial charge in [-0.25, -0.2) is 9.97 Å². The number of aromatic nitrogens is 3. The average Bonchev–Trinajstić information content (AvgIpc) is 3.39. The van der Waals surface area contributed by atoms with Gasteiger partial charge in [0, 0.05) is 21.7 Å². The Hall–Kier alpha value is -5.80. The molecule has 0 aliphatic rings. The molecule has 0 unspecified atom stereocenters. The van der Waals surface area contributed by atoms with Crippen LogP contribution in [0.25, 0.3) is 82.6 Å². The second-order valence-corrected chi connectivity index (χ2v) is 11.1. The van der Waals surface area contributed by atoms with E-state index in [0.717, 1.165) is 38.8 Å². The lowest BCUT2D eigenvalue weighted by atomic mass is 9.97. The minimum Gasteiger partial charge on any atom is -0.278 e. The van der Waals surface area contributed by atoms with E-state index in [0.29, 0.717) is 5.95 Å². The van der Waals surface area contributed by atoms with Gasteiger partial charge in [0.25, 0.3) is 0 Å². The molecular weight excluding hydrogens is 522 g/mol. The van der Waals surface area contributed by atoms with E-state index in [4.69, 9.17) is 9.97 Å². The van der Waals surface area contributed by atoms with Gasteiger partial charge in [-0.3, -0.25) is 4.57 Å². The molecular formula is C40H25N3. The van der Waals surface area contributed by atoms with Crippen LogP contribution in [-0.4, -0.2) is 14.5 Å². The molecule has 43 heavy (non-hydrogen) atoms. The van der Waals surface area contributed by atoms with Crippen molar-refractivity contribution in [3.05, 3.63) is 152 Å². The number of para-hydroxylation sites is 1. The molecule has 3 heteroatoms. The van der Waals surface area contributed by atoms with Crippen molar-refractivity contribution in [3.63, 3.8) is 0 Å². The fraction of sp³-hybridized carbons (Fsp3) is 0. The van der Waals surface area contributed by atoms with Crippen molar-refractivity contribution in [2.75, 3.05) is 0 Å². The van der Waals surface area contributed by atoms with Crippen LogP contribution in [0.5, 0.6) is 0 Å². The Balaban J connectivity index is 1.41. The largest absolute Gasteiger partial charge is 0.278 e. The first kappa shape index (κ1) is 23.9. The Morgan fingerprint density at radius 3 is 1.95 bits per heavy atom. The van der Waals surface area contributed by atoms with Gasteiger partial charge in [0.2, 0.25) is 5.95 Å². The predicted octanol–water partition coefficient (Wildman–Crippen LogP) is 10.4. The highest BCUT2D eigenvalue weighted by Crippen LogP contribution is 2.38. The summed E-state index contributed by atoms with van der Waals surface area (Å²) in [6, 6.07) is 53.7. The lowest BCUT2D eigenvalue weighted by molar-refractivity contribution is 1.01. The highest BCUT2D eigenvalue weighted by molar-refractivity contribution is 6.13. The Morgan fingerprint density at radius 1 is 0.395 bits per heavy atom. The van der Waals surface area contributed by atoms with Crippen molar-refractivity contribution < 1.29 is 0 Å². The first-order chi connectivity index (χ1) is 21.3. The molecule has 0 saturated carbocycles. The SMILES string of the molecule is c1ccc(-c2ccc3c(-c4cccc5ccccc45)nc(-n4c5ccccc5c5cc6ccccc6cc54)nc3c2)cc1. The summed E-state index contributed by atoms with van der Waals surface area (Å²) in [5.74, 6) is 0.669. The maximum atomic E-state index is 5.40. The first-order valence-corrected chi connectivity index (χ1v) is 14.6. The van der Waals surface area contributed by atoms with Gasteiger partial charge in [-0.1, -0.05) is 121 Å². The van der Waals surface area contributed by atoms with Crippen molar-refractivity contribution in [1.29, 1.82) is 0 Å². The number of benzene rings is 7. The summed E-state index contributed by atoms with van der Waals surface area (Å²) in [6.07, 6.45) is 0. The molecule has 200 valence electrons. The van der Waals surface area contributed by atoms with Crippen molar-refractivity contribution in [1.82, 2.24) is 14.5 Å². The Kier molecular flexibility index (Phi) is 5.20. The molecule has 3 nitrogen and oxygen atoms in total. The van der Waals surface area contributed by atoms with Crippen LogP contribution in [0.4, 0.5) is 0 Å². The Morgan fingerprint density at radius 2 is 1.09 bits per heavy atom. The fourth-order valence-corrected chi connectivity index (χ4v) is 6.54. The van der Waals surface area contributed by atoms with E-state index in [1.807, 2.05) is 0 Å². The molecule has 0 aliphatic heterocycles. The van der Waals surface area contributed by atoms with E-state index in [1.165, 1.54) is 37.9 Å². The molecule has 0 aliphatic carbocycles. The highest BCUT2D eigenvalue weighted by atomic mass is 15.2. The average molecular weight is 548 g/mol. The minimum absolute atomic E-state index is 0.669. The highest BCUT2D eigenvalue weighted by Gasteiger charge is 2.19. The number of hydrogen-bond acceptors (Lipinski definition) is 2. The summed E-state index contributed by atoms with van der Waals surface area (Å²) in [7, 11) is 0. The zero-order valence-electron chi connectivity index (χ0n) is 23.3. The first-order valence-electron chi connectivity index (χ1n) is 14.6. The maximum Gasteiger partial charge on any atom is 0.235 e. The van der Waals surface area contributed by atoms with Crippen molar-refractivity contribution in [2.24, 2.45) is 0 Å². The van der Waals surface area contributed by atoms with Gasteiger partial charge in [-0.05, 0) is 63.0 Å². The van der Waals surface area contributed by atoms with Crippen LogP contribution in [0.15, 0.2) is 152 Å². The van der Waals surface area contributed by atoms with Crippen molar-refractivity contribution in [3.8, 4) is 28.3 Å². The van der Waals surface area contributed by atoms with E-state index in [2.05, 4.69) is 156 Å². The summed E-state index contributed by atoms with van der Waals surface area (Å²) in [5.41, 5.74) is 7.45. The molecule has 7 aromatic carbocycles. The van der Waals surface area contributed by atoms with Gasteiger partial charge in [0.05, 0.1) is 22.2 Å². The Labute approximate surface area is 248 Å². The normalized spacial score (nSPS) is 11.7. The third-order valence-corrected chi connectivity index (χ3v) is 8.58. The van der Waals surface area contributed by atoms with E-state index in [-0.39, 0.29) is 0 Å². The van der Waals surface area contributed by atoms with E-state index >= 15 is 0 Å². The van der Waals surface area contributed by atoms with Gasteiger partial charge in [-0.15, -0.1) is 0 Å². The zero-order valence-corrected chi connectivity index (χ0v) is 23.3. The summed E-state index contributed by atoms with van der Waals surface area (Å²) in [6.45, 7) is 0. The van der Waals surface area contributed by atoms with E-state index in [1.54, 1.807) is 0 Å². The van der Waals surface area contributed by atoms with Crippen LogP contribution in [0.3, 0.4) is 0 Å². The minimum atomic E-state index is 0.669. The number of fused-ring (bicyclic) bond motifs is 6. The number of rotatable bonds is 3. The van der Waals surface area contributed by atoms with Gasteiger partial charge >= 0.3 is 0 Å². The smallest absolute Gasteiger partial charge is 0.235 e. The topological polar surface area (TPSA) is 30.7 Å². The second kappa shape index (κ2) is 9.37. The summed E-state index contributed by atoms with van der Waals surface area (Å²) in [4.78, 5) is 10.7. The van der Waals surface area contributed by atoms with Gasteiger partial charge in [0.1, 0.15) is 0 Å². The fourth-order valence-electron chi connectivity index (χ4n) is 6.54. The van der Waals surface area contributed by atoms with Gasteiger partial charge in [0.15, 0.2) is 0 Å². The molecule has 0 spiro atoms. The summed E-state index contributed by atoms with van der Waals surface area (Å²) in [5, 5.41) is 8.21. The van der Waals surface area contributed by atoms with Crippen LogP contribution >= 0.6 is 0 Å². The monoisotopic (exact) mass is 547 g/mol. The quantitative estimate of drug-likeness (QED) is 0.220. The van der Waals surface area contributed by atoms with Gasteiger partial charge < -0.3 is 0 Å². The van der Waals surface area contributed by atoms with Crippen LogP contribution in [0.2, 0.25) is 0 Å². The standard InChI is InChI=1S/C40H25N3/c1-2-11-26(12-3-1)30-21-22-34-36(24-30)41-40(42-39(34)33-19-10-16-27-13-6-7-17-31(27)33)43-37-20-9-8-18-32(37)35-23-28-14-4-5-15-29(28)25-38(35)43/h1-25H. The van der Waals surface area contributed by atoms with Crippen molar-refractivity contribution >= 4 is 54.3 Å². The second-order valence-electron chi connectivity index (χ2n) is 11.1. The van der Waals surface area contributed by atoms with Crippen LogP contribution < -0.4 is 0 Å². The molecule has 2 heterocycles. The van der Waals surface area contributed by atoms with Crippen LogP contribution in [0, 0.1) is 0 Å². The third kappa shape index (κ3) is 3.75. The molecule has 0 saturated heterocycles. The van der Waals surface area contributed by atoms with Gasteiger partial charge in [-0.2, -0.15) is 0 Å². The molecule has 0 amide bonds. The lowest BCUT2D eigenvalue weighted by Gasteiger charge is -2.14. The molecule has 0 bridgehead atoms. The lowest BCUT2D eigenvalue weighted by Crippen LogP contribution is -2.04. The molecule has 2 aromatic heterocycles. The maximum absolute atomic E-state index is 5.40. The number of nitrogens with zero attached hydrogens (tertiary/aromatic N) is 3. The molecule has 0 radical (unpaired) electrons. The summed E-state index contributed by atoms with van der Waals surface area (Å²) < 4.78 is 2.24. The summed E-state index contributed by atoms with van der Waals surface area (Å²) >= 11 is 0. The number of hydrogen-bond donors (Lipinski definition) is 0. The molecule has 0 atom stereocenters. The zero-order chi connectivity index (χ0) is 28.3.